The number of nitrogens with zero attached hydrogens (tertiary/aromatic N) is 2. The van der Waals surface area contributed by atoms with E-state index in [2.05, 4.69) is 40.5 Å². The summed E-state index contributed by atoms with van der Waals surface area (Å²) in [7, 11) is 0. The lowest BCUT2D eigenvalue weighted by Crippen LogP contribution is -2.10. The molecule has 0 radical (unpaired) electrons. The van der Waals surface area contributed by atoms with Gasteiger partial charge in [0.25, 0.3) is 0 Å². The molecule has 0 unspecified atom stereocenters. The van der Waals surface area contributed by atoms with Crippen molar-refractivity contribution in [2.24, 2.45) is 0 Å². The van der Waals surface area contributed by atoms with E-state index >= 15 is 0 Å². The van der Waals surface area contributed by atoms with Gasteiger partial charge in [0.05, 0.1) is 53.3 Å². The molecule has 3 aromatic carbocycles. The number of hydrogen-bond donors (Lipinski definition) is 2. The van der Waals surface area contributed by atoms with Gasteiger partial charge in [-0.25, -0.2) is 4.98 Å². The summed E-state index contributed by atoms with van der Waals surface area (Å²) in [5, 5.41) is 18.9. The van der Waals surface area contributed by atoms with Crippen molar-refractivity contribution >= 4 is 55.6 Å². The first kappa shape index (κ1) is 30.9. The Balaban J connectivity index is 0.000000682. The lowest BCUT2D eigenvalue weighted by atomic mass is 9.93. The quantitative estimate of drug-likeness (QED) is 0.187. The normalized spacial score (nSPS) is 13.5. The number of aryl methyl sites for hydroxylation is 1. The Morgan fingerprint density at radius 2 is 1.86 bits per heavy atom. The third kappa shape index (κ3) is 7.33. The number of halogens is 1. The molecule has 0 bridgehead atoms. The van der Waals surface area contributed by atoms with Gasteiger partial charge in [-0.3, -0.25) is 9.89 Å². The van der Waals surface area contributed by atoms with Crippen LogP contribution in [0.3, 0.4) is 0 Å². The second-order valence-electron chi connectivity index (χ2n) is 11.5. The summed E-state index contributed by atoms with van der Waals surface area (Å²) < 4.78 is 11.8. The maximum atomic E-state index is 12.5. The number of hydrogen-bond acceptors (Lipinski definition) is 7. The van der Waals surface area contributed by atoms with E-state index in [0.717, 1.165) is 66.1 Å². The number of fused-ring (bicyclic) bond motifs is 2. The average Bonchev–Trinajstić information content (AvgIpc) is 3.58. The first-order chi connectivity index (χ1) is 20.5. The molecule has 6 rings (SSSR count). The molecule has 2 aromatic heterocycles. The highest BCUT2D eigenvalue weighted by Gasteiger charge is 2.21. The number of esters is 1. The smallest absolute Gasteiger partial charge is 0.310 e. The molecule has 7 nitrogen and oxygen atoms in total. The monoisotopic (exact) mass is 617 g/mol. The number of benzene rings is 3. The van der Waals surface area contributed by atoms with Gasteiger partial charge in [0.1, 0.15) is 5.01 Å². The van der Waals surface area contributed by atoms with Gasteiger partial charge in [-0.15, -0.1) is 11.3 Å². The summed E-state index contributed by atoms with van der Waals surface area (Å²) in [4.78, 5) is 17.6. The van der Waals surface area contributed by atoms with Gasteiger partial charge in [0.15, 0.2) is 0 Å². The van der Waals surface area contributed by atoms with Gasteiger partial charge in [-0.05, 0) is 99.7 Å². The molecule has 1 aliphatic heterocycles. The zero-order valence-electron chi connectivity index (χ0n) is 25.1. The molecule has 0 fully saturated rings. The van der Waals surface area contributed by atoms with Crippen LogP contribution in [-0.4, -0.2) is 51.7 Å². The fourth-order valence-electron chi connectivity index (χ4n) is 5.00. The first-order valence-corrected chi connectivity index (χ1v) is 15.5. The minimum Gasteiger partial charge on any atom is -0.466 e. The van der Waals surface area contributed by atoms with Crippen molar-refractivity contribution in [2.75, 3.05) is 19.8 Å². The van der Waals surface area contributed by atoms with Crippen LogP contribution in [0, 0.1) is 6.92 Å². The van der Waals surface area contributed by atoms with Crippen LogP contribution in [-0.2, 0) is 20.7 Å². The molecule has 224 valence electrons. The molecule has 1 aliphatic rings. The minimum absolute atomic E-state index is 0.198. The van der Waals surface area contributed by atoms with Gasteiger partial charge in [-0.1, -0.05) is 29.8 Å². The molecular weight excluding hydrogens is 582 g/mol. The number of thiazole rings is 1. The minimum atomic E-state index is -0.500. The molecule has 0 spiro atoms. The van der Waals surface area contributed by atoms with Crippen LogP contribution >= 0.6 is 22.9 Å². The van der Waals surface area contributed by atoms with Crippen molar-refractivity contribution in [3.8, 4) is 21.7 Å². The van der Waals surface area contributed by atoms with Crippen molar-refractivity contribution in [2.45, 2.75) is 53.1 Å². The number of ether oxygens (including phenoxy) is 2. The average molecular weight is 618 g/mol. The van der Waals surface area contributed by atoms with Crippen molar-refractivity contribution in [1.29, 1.82) is 0 Å². The fourth-order valence-corrected chi connectivity index (χ4v) is 6.26. The summed E-state index contributed by atoms with van der Waals surface area (Å²) in [5.74, 6) is -0.241. The SMILES string of the molecule is CC(C)(C)O.CCOC(=O)Cc1c(C)cc2nc(-c3ccc4[nH]nc(C5=CCOCC5)c4c3)sc2c1-c1ccc(Cl)cc1. The Bertz CT molecular complexity index is 1790. The number of aromatic amines is 1. The highest BCUT2D eigenvalue weighted by atomic mass is 35.5. The maximum absolute atomic E-state index is 12.5. The molecule has 3 heterocycles. The number of aliphatic hydroxyl groups is 1. The second kappa shape index (κ2) is 13.0. The molecule has 0 aliphatic carbocycles. The van der Waals surface area contributed by atoms with Crippen LogP contribution in [0.2, 0.25) is 5.02 Å². The summed E-state index contributed by atoms with van der Waals surface area (Å²) in [5.41, 5.74) is 8.56. The van der Waals surface area contributed by atoms with Crippen molar-refractivity contribution in [3.05, 3.63) is 76.5 Å². The third-order valence-corrected chi connectivity index (χ3v) is 8.24. The first-order valence-electron chi connectivity index (χ1n) is 14.3. The third-order valence-electron chi connectivity index (χ3n) is 6.85. The van der Waals surface area contributed by atoms with E-state index in [-0.39, 0.29) is 12.4 Å². The molecule has 43 heavy (non-hydrogen) atoms. The van der Waals surface area contributed by atoms with E-state index in [9.17, 15) is 4.79 Å². The molecular formula is C34H36ClN3O4S. The Kier molecular flexibility index (Phi) is 9.32. The molecule has 9 heteroatoms. The standard InChI is InChI=1S/C30H26ClN3O3S.C4H10O/c1-3-37-26(35)16-22-17(2)14-25-29(27(22)18-4-7-21(31)8-5-18)38-30(32-25)20-6-9-24-23(15-20)28(34-33-24)19-10-12-36-13-11-19;1-4(2,3)5/h4-10,14-15H,3,11-13,16H2,1-2H3,(H,33,34);5H,1-3H3. The Labute approximate surface area is 260 Å². The molecule has 0 atom stereocenters. The van der Waals surface area contributed by atoms with Crippen molar-refractivity contribution in [1.82, 2.24) is 15.2 Å². The van der Waals surface area contributed by atoms with Crippen LogP contribution < -0.4 is 0 Å². The summed E-state index contributed by atoms with van der Waals surface area (Å²) in [6.45, 7) is 10.7. The van der Waals surface area contributed by atoms with Crippen LogP contribution in [0.5, 0.6) is 0 Å². The van der Waals surface area contributed by atoms with E-state index < -0.39 is 5.60 Å². The number of carbonyl (C=O) groups excluding carboxylic acids is 1. The number of nitrogens with one attached hydrogen (secondary N) is 1. The van der Waals surface area contributed by atoms with Crippen molar-refractivity contribution < 1.29 is 19.4 Å². The Morgan fingerprint density at radius 1 is 1.14 bits per heavy atom. The van der Waals surface area contributed by atoms with Gasteiger partial charge >= 0.3 is 5.97 Å². The van der Waals surface area contributed by atoms with Gasteiger partial charge < -0.3 is 14.6 Å². The zero-order valence-corrected chi connectivity index (χ0v) is 26.7. The predicted octanol–water partition coefficient (Wildman–Crippen LogP) is 8.15. The Morgan fingerprint density at radius 3 is 2.53 bits per heavy atom. The number of carbonyl (C=O) groups is 1. The van der Waals surface area contributed by atoms with Crippen LogP contribution in [0.15, 0.2) is 54.6 Å². The van der Waals surface area contributed by atoms with E-state index in [1.165, 1.54) is 5.57 Å². The largest absolute Gasteiger partial charge is 0.466 e. The summed E-state index contributed by atoms with van der Waals surface area (Å²) in [6.07, 6.45) is 3.15. The van der Waals surface area contributed by atoms with Gasteiger partial charge in [0, 0.05) is 21.5 Å². The number of H-pyrrole nitrogens is 1. The summed E-state index contributed by atoms with van der Waals surface area (Å²) in [6, 6.07) is 16.1. The van der Waals surface area contributed by atoms with Crippen LogP contribution in [0.4, 0.5) is 0 Å². The summed E-state index contributed by atoms with van der Waals surface area (Å²) >= 11 is 7.83. The van der Waals surface area contributed by atoms with E-state index in [1.54, 1.807) is 32.1 Å². The van der Waals surface area contributed by atoms with Crippen molar-refractivity contribution in [3.63, 3.8) is 0 Å². The lowest BCUT2D eigenvalue weighted by Gasteiger charge is -2.14. The Hall–Kier alpha value is -3.56. The van der Waals surface area contributed by atoms with E-state index in [4.69, 9.17) is 31.2 Å². The topological polar surface area (TPSA) is 97.3 Å². The van der Waals surface area contributed by atoms with Gasteiger partial charge in [-0.2, -0.15) is 5.10 Å². The number of rotatable bonds is 6. The fraction of sp³-hybridized carbons (Fsp3) is 0.324. The highest BCUT2D eigenvalue weighted by molar-refractivity contribution is 7.22. The van der Waals surface area contributed by atoms with Gasteiger partial charge in [0.2, 0.25) is 0 Å². The lowest BCUT2D eigenvalue weighted by molar-refractivity contribution is -0.142. The molecule has 0 saturated carbocycles. The highest BCUT2D eigenvalue weighted by Crippen LogP contribution is 2.42. The molecule has 0 saturated heterocycles. The molecule has 0 amide bonds. The van der Waals surface area contributed by atoms with E-state index in [1.807, 2.05) is 38.1 Å². The number of aromatic nitrogens is 3. The second-order valence-corrected chi connectivity index (χ2v) is 12.9. The van der Waals surface area contributed by atoms with Crippen LogP contribution in [0.25, 0.3) is 48.4 Å². The maximum Gasteiger partial charge on any atom is 0.310 e. The molecule has 2 N–H and O–H groups in total. The van der Waals surface area contributed by atoms with Crippen LogP contribution in [0.1, 0.15) is 50.9 Å². The zero-order chi connectivity index (χ0) is 30.7. The molecule has 5 aromatic rings. The predicted molar refractivity (Wildman–Crippen MR) is 176 cm³/mol. The van der Waals surface area contributed by atoms with E-state index in [0.29, 0.717) is 24.8 Å².